The zero-order valence-corrected chi connectivity index (χ0v) is 21.2. The van der Waals surface area contributed by atoms with Crippen molar-refractivity contribution in [3.63, 3.8) is 0 Å². The van der Waals surface area contributed by atoms with Crippen LogP contribution in [-0.4, -0.2) is 37.6 Å². The molecule has 6 rings (SSSR count). The molecule has 1 spiro atoms. The first kappa shape index (κ1) is 24.0. The van der Waals surface area contributed by atoms with E-state index in [0.717, 1.165) is 39.4 Å². The molecule has 3 aliphatic heterocycles. The molecule has 0 N–H and O–H groups in total. The number of rotatable bonds is 8. The third-order valence-corrected chi connectivity index (χ3v) is 7.86. The second kappa shape index (κ2) is 9.81. The van der Waals surface area contributed by atoms with Crippen LogP contribution < -0.4 is 4.74 Å². The predicted octanol–water partition coefficient (Wildman–Crippen LogP) is 6.05. The number of fused-ring (bicyclic) bond motifs is 1. The smallest absolute Gasteiger partial charge is 0.198 e. The Labute approximate surface area is 217 Å². The van der Waals surface area contributed by atoms with Crippen molar-refractivity contribution in [3.8, 4) is 5.75 Å². The SMILES string of the molecule is CCOc1ccc(Cc2cc([C@]34CC(OCc5ccccc5)[C@@H]5OCC[C@@]5(CO3)O4)ccc2Cl)cc1. The van der Waals surface area contributed by atoms with Crippen LogP contribution in [0.1, 0.15) is 42.0 Å². The summed E-state index contributed by atoms with van der Waals surface area (Å²) in [6, 6.07) is 24.5. The minimum atomic E-state index is -0.871. The molecule has 2 bridgehead atoms. The Balaban J connectivity index is 1.26. The quantitative estimate of drug-likeness (QED) is 0.372. The van der Waals surface area contributed by atoms with Gasteiger partial charge in [0, 0.05) is 23.4 Å². The number of halogens is 1. The molecule has 6 heteroatoms. The van der Waals surface area contributed by atoms with Crippen LogP contribution in [0.2, 0.25) is 5.02 Å². The Morgan fingerprint density at radius 2 is 1.83 bits per heavy atom. The van der Waals surface area contributed by atoms with Gasteiger partial charge in [-0.1, -0.05) is 60.1 Å². The van der Waals surface area contributed by atoms with Crippen LogP contribution in [0.15, 0.2) is 72.8 Å². The van der Waals surface area contributed by atoms with Gasteiger partial charge in [0.15, 0.2) is 5.79 Å². The maximum Gasteiger partial charge on any atom is 0.198 e. The molecule has 1 unspecified atom stereocenters. The lowest BCUT2D eigenvalue weighted by atomic mass is 9.85. The van der Waals surface area contributed by atoms with Gasteiger partial charge < -0.3 is 23.7 Å². The lowest BCUT2D eigenvalue weighted by Crippen LogP contribution is -2.55. The van der Waals surface area contributed by atoms with Crippen LogP contribution in [0, 0.1) is 0 Å². The third kappa shape index (κ3) is 4.44. The average molecular weight is 507 g/mol. The van der Waals surface area contributed by atoms with Gasteiger partial charge >= 0.3 is 0 Å². The normalized spacial score (nSPS) is 28.7. The summed E-state index contributed by atoms with van der Waals surface area (Å²) in [6.45, 7) is 4.32. The fraction of sp³-hybridized carbons (Fsp3) is 0.400. The molecule has 36 heavy (non-hydrogen) atoms. The van der Waals surface area contributed by atoms with Crippen molar-refractivity contribution in [3.05, 3.63) is 100 Å². The lowest BCUT2D eigenvalue weighted by Gasteiger charge is -2.43. The predicted molar refractivity (Wildman–Crippen MR) is 137 cm³/mol. The lowest BCUT2D eigenvalue weighted by molar-refractivity contribution is -0.271. The van der Waals surface area contributed by atoms with E-state index in [9.17, 15) is 0 Å². The summed E-state index contributed by atoms with van der Waals surface area (Å²) in [7, 11) is 0. The highest BCUT2D eigenvalue weighted by atomic mass is 35.5. The molecule has 188 valence electrons. The summed E-state index contributed by atoms with van der Waals surface area (Å²) >= 11 is 6.65. The third-order valence-electron chi connectivity index (χ3n) is 7.49. The summed E-state index contributed by atoms with van der Waals surface area (Å²) in [5.74, 6) is -0.000825. The van der Waals surface area contributed by atoms with E-state index >= 15 is 0 Å². The molecule has 3 saturated heterocycles. The van der Waals surface area contributed by atoms with Gasteiger partial charge in [0.2, 0.25) is 0 Å². The van der Waals surface area contributed by atoms with Crippen LogP contribution in [0.3, 0.4) is 0 Å². The summed E-state index contributed by atoms with van der Waals surface area (Å²) in [5.41, 5.74) is 3.84. The summed E-state index contributed by atoms with van der Waals surface area (Å²) in [6.07, 6.45) is 1.81. The van der Waals surface area contributed by atoms with E-state index in [4.69, 9.17) is 35.3 Å². The monoisotopic (exact) mass is 506 g/mol. The number of hydrogen-bond acceptors (Lipinski definition) is 5. The van der Waals surface area contributed by atoms with Gasteiger partial charge in [0.1, 0.15) is 17.5 Å². The highest BCUT2D eigenvalue weighted by molar-refractivity contribution is 6.31. The van der Waals surface area contributed by atoms with Gasteiger partial charge in [0.05, 0.1) is 32.5 Å². The molecule has 3 aromatic rings. The van der Waals surface area contributed by atoms with Crippen molar-refractivity contribution in [1.29, 1.82) is 0 Å². The Morgan fingerprint density at radius 1 is 1.00 bits per heavy atom. The first-order chi connectivity index (χ1) is 17.6. The van der Waals surface area contributed by atoms with Gasteiger partial charge in [0.25, 0.3) is 0 Å². The molecule has 0 radical (unpaired) electrons. The standard InChI is InChI=1S/C30H31ClO5/c1-2-32-25-11-8-21(9-12-25)16-23-17-24(10-13-26(23)31)30-18-27(34-19-22-6-4-3-5-7-22)28-29(36-30,20-35-30)14-15-33-28/h3-13,17,27-28H,2,14-16,18-20H2,1H3/t27?,28-,29-,30+/m0/s1. The van der Waals surface area contributed by atoms with Crippen LogP contribution in [0.5, 0.6) is 5.75 Å². The van der Waals surface area contributed by atoms with E-state index in [0.29, 0.717) is 39.3 Å². The highest BCUT2D eigenvalue weighted by Crippen LogP contribution is 2.54. The Kier molecular flexibility index (Phi) is 6.53. The van der Waals surface area contributed by atoms with Crippen molar-refractivity contribution in [2.45, 2.75) is 56.4 Å². The summed E-state index contributed by atoms with van der Waals surface area (Å²) < 4.78 is 31.4. The molecule has 3 aromatic carbocycles. The molecule has 3 fully saturated rings. The van der Waals surface area contributed by atoms with Gasteiger partial charge in [-0.25, -0.2) is 0 Å². The fourth-order valence-electron chi connectivity index (χ4n) is 5.68. The van der Waals surface area contributed by atoms with Crippen LogP contribution in [0.25, 0.3) is 0 Å². The molecule has 4 atom stereocenters. The van der Waals surface area contributed by atoms with Gasteiger partial charge in [-0.05, 0) is 54.3 Å². The van der Waals surface area contributed by atoms with Crippen LogP contribution in [-0.2, 0) is 37.8 Å². The van der Waals surface area contributed by atoms with Crippen LogP contribution in [0.4, 0.5) is 0 Å². The maximum atomic E-state index is 6.77. The fourth-order valence-corrected chi connectivity index (χ4v) is 5.87. The van der Waals surface area contributed by atoms with Crippen molar-refractivity contribution < 1.29 is 23.7 Å². The topological polar surface area (TPSA) is 46.2 Å². The zero-order valence-electron chi connectivity index (χ0n) is 20.5. The summed E-state index contributed by atoms with van der Waals surface area (Å²) in [4.78, 5) is 0. The number of ether oxygens (including phenoxy) is 5. The Bertz CT molecular complexity index is 1200. The van der Waals surface area contributed by atoms with Gasteiger partial charge in [-0.3, -0.25) is 0 Å². The second-order valence-corrected chi connectivity index (χ2v) is 10.3. The molecule has 0 amide bonds. The maximum absolute atomic E-state index is 6.77. The van der Waals surface area contributed by atoms with E-state index in [2.05, 4.69) is 30.3 Å². The Morgan fingerprint density at radius 3 is 2.64 bits per heavy atom. The first-order valence-corrected chi connectivity index (χ1v) is 13.1. The average Bonchev–Trinajstić information content (AvgIpc) is 3.47. The molecular formula is C30H31ClO5. The highest BCUT2D eigenvalue weighted by Gasteiger charge is 2.65. The molecular weight excluding hydrogens is 476 g/mol. The van der Waals surface area contributed by atoms with E-state index < -0.39 is 11.4 Å². The van der Waals surface area contributed by atoms with Crippen molar-refractivity contribution in [2.75, 3.05) is 19.8 Å². The molecule has 3 heterocycles. The van der Waals surface area contributed by atoms with E-state index in [1.54, 1.807) is 0 Å². The summed E-state index contributed by atoms with van der Waals surface area (Å²) in [5, 5.41) is 0.728. The Hall–Kier alpha value is -2.41. The second-order valence-electron chi connectivity index (χ2n) is 9.85. The molecule has 0 aliphatic carbocycles. The first-order valence-electron chi connectivity index (χ1n) is 12.7. The number of hydrogen-bond donors (Lipinski definition) is 0. The number of benzene rings is 3. The van der Waals surface area contributed by atoms with E-state index in [1.807, 2.05) is 49.4 Å². The largest absolute Gasteiger partial charge is 0.494 e. The van der Waals surface area contributed by atoms with Gasteiger partial charge in [-0.2, -0.15) is 0 Å². The van der Waals surface area contributed by atoms with E-state index in [1.165, 1.54) is 0 Å². The zero-order chi connectivity index (χ0) is 24.6. The van der Waals surface area contributed by atoms with E-state index in [-0.39, 0.29) is 12.2 Å². The van der Waals surface area contributed by atoms with Crippen LogP contribution >= 0.6 is 11.6 Å². The molecule has 5 nitrogen and oxygen atoms in total. The minimum Gasteiger partial charge on any atom is -0.494 e. The van der Waals surface area contributed by atoms with Gasteiger partial charge in [-0.15, -0.1) is 0 Å². The van der Waals surface area contributed by atoms with Crippen molar-refractivity contribution in [2.24, 2.45) is 0 Å². The van der Waals surface area contributed by atoms with Crippen molar-refractivity contribution in [1.82, 2.24) is 0 Å². The molecule has 3 aliphatic rings. The molecule has 0 saturated carbocycles. The van der Waals surface area contributed by atoms with Crippen molar-refractivity contribution >= 4 is 11.6 Å². The minimum absolute atomic E-state index is 0.130. The molecule has 0 aromatic heterocycles.